The van der Waals surface area contributed by atoms with Crippen LogP contribution >= 0.6 is 12.4 Å². The summed E-state index contributed by atoms with van der Waals surface area (Å²) < 4.78 is 8.12. The maximum atomic E-state index is 10.7. The van der Waals surface area contributed by atoms with Crippen LogP contribution < -0.4 is 4.74 Å². The molecule has 0 aliphatic heterocycles. The number of halogens is 1. The molecule has 28 heavy (non-hydrogen) atoms. The van der Waals surface area contributed by atoms with Gasteiger partial charge in [0.25, 0.3) is 0 Å². The van der Waals surface area contributed by atoms with E-state index in [-0.39, 0.29) is 24.9 Å². The lowest BCUT2D eigenvalue weighted by Crippen LogP contribution is -2.25. The van der Waals surface area contributed by atoms with Gasteiger partial charge >= 0.3 is 0 Å². The number of ether oxygens (including phenoxy) is 1. The number of para-hydroxylation sites is 3. The van der Waals surface area contributed by atoms with Crippen molar-refractivity contribution in [2.75, 3.05) is 6.61 Å². The molecule has 2 aromatic carbocycles. The summed E-state index contributed by atoms with van der Waals surface area (Å²) in [5.74, 6) is 2.58. The van der Waals surface area contributed by atoms with Gasteiger partial charge in [0.1, 0.15) is 24.3 Å². The number of nitrogens with zero attached hydrogens (tertiary/aromatic N) is 2. The van der Waals surface area contributed by atoms with Crippen LogP contribution in [0.15, 0.2) is 48.5 Å². The molecule has 0 saturated carbocycles. The molecule has 3 aromatic rings. The first-order chi connectivity index (χ1) is 13.0. The molecule has 1 heterocycles. The fourth-order valence-corrected chi connectivity index (χ4v) is 3.42. The standard InChI is InChI=1S/C23H30N2O2.ClH/c1-5-17(4)19-10-6-9-13-22(19)27-15-18(26)14-25-21-12-8-7-11-20(21)24-23(25)16(2)3;/h6-13,16-18,26H,5,14-15H2,1-4H3;1H. The third-order valence-electron chi connectivity index (χ3n) is 5.09. The molecule has 0 spiro atoms. The minimum atomic E-state index is -0.606. The highest BCUT2D eigenvalue weighted by Crippen LogP contribution is 2.28. The van der Waals surface area contributed by atoms with Crippen molar-refractivity contribution in [3.05, 3.63) is 59.9 Å². The summed E-state index contributed by atoms with van der Waals surface area (Å²) in [4.78, 5) is 4.74. The lowest BCUT2D eigenvalue weighted by Gasteiger charge is -2.19. The lowest BCUT2D eigenvalue weighted by atomic mass is 9.98. The van der Waals surface area contributed by atoms with Crippen LogP contribution in [-0.2, 0) is 6.54 Å². The molecular weight excluding hydrogens is 372 g/mol. The number of fused-ring (bicyclic) bond motifs is 1. The van der Waals surface area contributed by atoms with Crippen molar-refractivity contribution >= 4 is 23.4 Å². The number of aromatic nitrogens is 2. The quantitative estimate of drug-likeness (QED) is 0.538. The second kappa shape index (κ2) is 9.94. The molecule has 0 amide bonds. The van der Waals surface area contributed by atoms with Crippen LogP contribution in [0.3, 0.4) is 0 Å². The first-order valence-electron chi connectivity index (χ1n) is 9.86. The van der Waals surface area contributed by atoms with Crippen LogP contribution in [0.25, 0.3) is 11.0 Å². The van der Waals surface area contributed by atoms with Gasteiger partial charge in [-0.25, -0.2) is 4.98 Å². The second-order valence-corrected chi connectivity index (χ2v) is 7.54. The highest BCUT2D eigenvalue weighted by atomic mass is 35.5. The zero-order valence-corrected chi connectivity index (χ0v) is 17.9. The van der Waals surface area contributed by atoms with E-state index in [9.17, 15) is 5.11 Å². The molecule has 1 N–H and O–H groups in total. The van der Waals surface area contributed by atoms with E-state index in [0.717, 1.165) is 29.0 Å². The lowest BCUT2D eigenvalue weighted by molar-refractivity contribution is 0.0919. The molecule has 5 heteroatoms. The SMILES string of the molecule is CCC(C)c1ccccc1OCC(O)Cn1c(C(C)C)nc2ccccc21.Cl. The summed E-state index contributed by atoms with van der Waals surface area (Å²) in [5, 5.41) is 10.7. The molecule has 0 aliphatic carbocycles. The number of rotatable bonds is 8. The molecule has 2 atom stereocenters. The van der Waals surface area contributed by atoms with Crippen molar-refractivity contribution in [3.8, 4) is 5.75 Å². The summed E-state index contributed by atoms with van der Waals surface area (Å²) in [5.41, 5.74) is 3.22. The Hall–Kier alpha value is -2.04. The van der Waals surface area contributed by atoms with E-state index in [0.29, 0.717) is 12.5 Å². The van der Waals surface area contributed by atoms with Crippen LogP contribution in [0.2, 0.25) is 0 Å². The van der Waals surface area contributed by atoms with Gasteiger partial charge in [0.15, 0.2) is 0 Å². The fourth-order valence-electron chi connectivity index (χ4n) is 3.42. The molecule has 3 rings (SSSR count). The maximum absolute atomic E-state index is 10.7. The van der Waals surface area contributed by atoms with Gasteiger partial charge in [0.2, 0.25) is 0 Å². The van der Waals surface area contributed by atoms with Crippen LogP contribution in [-0.4, -0.2) is 27.4 Å². The van der Waals surface area contributed by atoms with Crippen molar-refractivity contribution in [1.29, 1.82) is 0 Å². The largest absolute Gasteiger partial charge is 0.491 e. The Morgan fingerprint density at radius 2 is 1.71 bits per heavy atom. The zero-order chi connectivity index (χ0) is 19.4. The van der Waals surface area contributed by atoms with E-state index in [4.69, 9.17) is 9.72 Å². The van der Waals surface area contributed by atoms with Crippen LogP contribution in [0.5, 0.6) is 5.75 Å². The van der Waals surface area contributed by atoms with Gasteiger partial charge in [-0.3, -0.25) is 0 Å². The Balaban J connectivity index is 0.00000280. The molecule has 0 saturated heterocycles. The highest BCUT2D eigenvalue weighted by molar-refractivity contribution is 5.85. The average molecular weight is 403 g/mol. The van der Waals surface area contributed by atoms with Crippen LogP contribution in [0.4, 0.5) is 0 Å². The molecule has 0 radical (unpaired) electrons. The minimum absolute atomic E-state index is 0. The third-order valence-corrected chi connectivity index (χ3v) is 5.09. The Kier molecular flexibility index (Phi) is 7.90. The third kappa shape index (κ3) is 4.86. The van der Waals surface area contributed by atoms with Gasteiger partial charge in [0, 0.05) is 5.92 Å². The van der Waals surface area contributed by atoms with Gasteiger partial charge < -0.3 is 14.4 Å². The normalized spacial score (nSPS) is 13.4. The Labute approximate surface area is 174 Å². The zero-order valence-electron chi connectivity index (χ0n) is 17.1. The number of hydrogen-bond acceptors (Lipinski definition) is 3. The maximum Gasteiger partial charge on any atom is 0.122 e. The van der Waals surface area contributed by atoms with E-state index in [1.54, 1.807) is 0 Å². The first-order valence-corrected chi connectivity index (χ1v) is 9.86. The first kappa shape index (κ1) is 22.3. The van der Waals surface area contributed by atoms with E-state index >= 15 is 0 Å². The predicted octanol–water partition coefficient (Wildman–Crippen LogP) is 5.53. The molecule has 0 fully saturated rings. The summed E-state index contributed by atoms with van der Waals surface area (Å²) in [6.07, 6.45) is 0.451. The molecule has 152 valence electrons. The Morgan fingerprint density at radius 1 is 1.04 bits per heavy atom. The average Bonchev–Trinajstić information content (AvgIpc) is 3.05. The minimum Gasteiger partial charge on any atom is -0.491 e. The van der Waals surface area contributed by atoms with E-state index in [2.05, 4.69) is 44.4 Å². The second-order valence-electron chi connectivity index (χ2n) is 7.54. The van der Waals surface area contributed by atoms with Gasteiger partial charge in [0.05, 0.1) is 17.6 Å². The molecule has 4 nitrogen and oxygen atoms in total. The van der Waals surface area contributed by atoms with Gasteiger partial charge in [-0.2, -0.15) is 0 Å². The molecular formula is C23H31ClN2O2. The molecule has 1 aromatic heterocycles. The van der Waals surface area contributed by atoms with Crippen LogP contribution in [0, 0.1) is 0 Å². The monoisotopic (exact) mass is 402 g/mol. The topological polar surface area (TPSA) is 47.3 Å². The summed E-state index contributed by atoms with van der Waals surface area (Å²) >= 11 is 0. The van der Waals surface area contributed by atoms with Crippen molar-refractivity contribution in [2.24, 2.45) is 0 Å². The van der Waals surface area contributed by atoms with E-state index in [1.165, 1.54) is 5.56 Å². The summed E-state index contributed by atoms with van der Waals surface area (Å²) in [6.45, 7) is 9.36. The number of hydrogen-bond donors (Lipinski definition) is 1. The number of aliphatic hydroxyl groups excluding tert-OH is 1. The number of imidazole rings is 1. The summed E-state index contributed by atoms with van der Waals surface area (Å²) in [7, 11) is 0. The van der Waals surface area contributed by atoms with Gasteiger partial charge in [-0.15, -0.1) is 12.4 Å². The molecule has 0 bridgehead atoms. The Bertz CT molecular complexity index is 891. The molecule has 0 aliphatic rings. The van der Waals surface area contributed by atoms with Gasteiger partial charge in [-0.05, 0) is 36.1 Å². The predicted molar refractivity (Wildman–Crippen MR) is 118 cm³/mol. The molecule has 2 unspecified atom stereocenters. The Morgan fingerprint density at radius 3 is 2.43 bits per heavy atom. The smallest absolute Gasteiger partial charge is 0.122 e. The van der Waals surface area contributed by atoms with Crippen molar-refractivity contribution in [2.45, 2.75) is 58.6 Å². The highest BCUT2D eigenvalue weighted by Gasteiger charge is 2.17. The number of aliphatic hydroxyl groups is 1. The summed E-state index contributed by atoms with van der Waals surface area (Å²) in [6, 6.07) is 16.2. The van der Waals surface area contributed by atoms with E-state index in [1.807, 2.05) is 36.4 Å². The van der Waals surface area contributed by atoms with E-state index < -0.39 is 6.10 Å². The van der Waals surface area contributed by atoms with Crippen LogP contribution in [0.1, 0.15) is 57.3 Å². The number of benzene rings is 2. The van der Waals surface area contributed by atoms with Gasteiger partial charge in [-0.1, -0.05) is 58.0 Å². The fraction of sp³-hybridized carbons (Fsp3) is 0.435. The van der Waals surface area contributed by atoms with Crippen molar-refractivity contribution < 1.29 is 9.84 Å². The van der Waals surface area contributed by atoms with Crippen molar-refractivity contribution in [3.63, 3.8) is 0 Å². The van der Waals surface area contributed by atoms with Crippen molar-refractivity contribution in [1.82, 2.24) is 9.55 Å².